The summed E-state index contributed by atoms with van der Waals surface area (Å²) in [6.45, 7) is 4.94. The molecule has 0 atom stereocenters. The highest BCUT2D eigenvalue weighted by Crippen LogP contribution is 2.23. The maximum Gasteiger partial charge on any atom is 0.253 e. The van der Waals surface area contributed by atoms with Crippen molar-refractivity contribution in [2.24, 2.45) is 0 Å². The normalized spacial score (nSPS) is 16.5. The van der Waals surface area contributed by atoms with Gasteiger partial charge in [0.25, 0.3) is 5.91 Å². The Labute approximate surface area is 161 Å². The van der Waals surface area contributed by atoms with Crippen LogP contribution in [0.15, 0.2) is 33.6 Å². The van der Waals surface area contributed by atoms with E-state index in [9.17, 15) is 13.2 Å². The first-order valence-corrected chi connectivity index (χ1v) is 10.6. The SMILES string of the molecule is Cc1n[nH]c(C)c1S(=O)(=O)N1CCCN(C(=O)c2ccc(Br)cc2)CC1. The minimum absolute atomic E-state index is 0.0765. The van der Waals surface area contributed by atoms with Crippen LogP contribution in [-0.4, -0.2) is 59.9 Å². The van der Waals surface area contributed by atoms with Crippen molar-refractivity contribution < 1.29 is 13.2 Å². The first kappa shape index (κ1) is 19.1. The molecule has 7 nitrogen and oxygen atoms in total. The first-order chi connectivity index (χ1) is 12.3. The van der Waals surface area contributed by atoms with Crippen molar-refractivity contribution in [2.45, 2.75) is 25.2 Å². The largest absolute Gasteiger partial charge is 0.337 e. The molecule has 140 valence electrons. The van der Waals surface area contributed by atoms with E-state index in [1.807, 2.05) is 12.1 Å². The summed E-state index contributed by atoms with van der Waals surface area (Å²) >= 11 is 3.36. The highest BCUT2D eigenvalue weighted by Gasteiger charge is 2.32. The van der Waals surface area contributed by atoms with E-state index in [0.29, 0.717) is 43.0 Å². The fourth-order valence-electron chi connectivity index (χ4n) is 3.16. The summed E-state index contributed by atoms with van der Waals surface area (Å²) in [5, 5.41) is 6.72. The Hall–Kier alpha value is -1.71. The van der Waals surface area contributed by atoms with Crippen molar-refractivity contribution in [3.8, 4) is 0 Å². The number of amides is 1. The predicted molar refractivity (Wildman–Crippen MR) is 101 cm³/mol. The van der Waals surface area contributed by atoms with E-state index in [1.54, 1.807) is 30.9 Å². The fourth-order valence-corrected chi connectivity index (χ4v) is 5.23. The van der Waals surface area contributed by atoms with Gasteiger partial charge in [0.05, 0.1) is 11.4 Å². The third kappa shape index (κ3) is 3.70. The number of sulfonamides is 1. The molecule has 0 unspecified atom stereocenters. The molecule has 0 radical (unpaired) electrons. The van der Waals surface area contributed by atoms with Crippen LogP contribution in [0.3, 0.4) is 0 Å². The van der Waals surface area contributed by atoms with Crippen LogP contribution in [0.4, 0.5) is 0 Å². The topological polar surface area (TPSA) is 86.4 Å². The Kier molecular flexibility index (Phi) is 5.50. The van der Waals surface area contributed by atoms with E-state index in [-0.39, 0.29) is 17.3 Å². The van der Waals surface area contributed by atoms with Gasteiger partial charge in [0, 0.05) is 36.2 Å². The number of hydrogen-bond donors (Lipinski definition) is 1. The smallest absolute Gasteiger partial charge is 0.253 e. The number of aromatic amines is 1. The molecule has 1 aliphatic rings. The lowest BCUT2D eigenvalue weighted by Crippen LogP contribution is -2.37. The maximum absolute atomic E-state index is 13.0. The van der Waals surface area contributed by atoms with E-state index in [2.05, 4.69) is 26.1 Å². The van der Waals surface area contributed by atoms with E-state index in [0.717, 1.165) is 4.47 Å². The molecule has 0 aliphatic carbocycles. The van der Waals surface area contributed by atoms with Crippen molar-refractivity contribution >= 4 is 31.9 Å². The van der Waals surface area contributed by atoms with Crippen LogP contribution in [0.5, 0.6) is 0 Å². The van der Waals surface area contributed by atoms with Gasteiger partial charge in [-0.15, -0.1) is 0 Å². The third-order valence-corrected chi connectivity index (χ3v) is 7.18. The van der Waals surface area contributed by atoms with Gasteiger partial charge in [0.1, 0.15) is 4.90 Å². The molecule has 1 aromatic heterocycles. The summed E-state index contributed by atoms with van der Waals surface area (Å²) in [7, 11) is -3.63. The number of benzene rings is 1. The lowest BCUT2D eigenvalue weighted by molar-refractivity contribution is 0.0764. The number of rotatable bonds is 3. The predicted octanol–water partition coefficient (Wildman–Crippen LogP) is 2.33. The van der Waals surface area contributed by atoms with Gasteiger partial charge in [-0.3, -0.25) is 9.89 Å². The van der Waals surface area contributed by atoms with Crippen LogP contribution in [0.1, 0.15) is 28.2 Å². The van der Waals surface area contributed by atoms with Gasteiger partial charge in [-0.2, -0.15) is 9.40 Å². The summed E-state index contributed by atoms with van der Waals surface area (Å²) in [4.78, 5) is 14.6. The molecule has 0 saturated carbocycles. The molecule has 3 rings (SSSR count). The number of carbonyl (C=O) groups is 1. The Morgan fingerprint density at radius 3 is 2.42 bits per heavy atom. The van der Waals surface area contributed by atoms with E-state index in [4.69, 9.17) is 0 Å². The molecule has 1 fully saturated rings. The molecular weight excluding hydrogens is 420 g/mol. The number of H-pyrrole nitrogens is 1. The lowest BCUT2D eigenvalue weighted by atomic mass is 10.2. The number of hydrogen-bond acceptors (Lipinski definition) is 4. The molecule has 1 N–H and O–H groups in total. The van der Waals surface area contributed by atoms with Crippen molar-refractivity contribution in [2.75, 3.05) is 26.2 Å². The van der Waals surface area contributed by atoms with Gasteiger partial charge in [-0.25, -0.2) is 8.42 Å². The summed E-state index contributed by atoms with van der Waals surface area (Å²) in [5.74, 6) is -0.0765. The number of nitrogens with one attached hydrogen (secondary N) is 1. The molecule has 26 heavy (non-hydrogen) atoms. The second-order valence-corrected chi connectivity index (χ2v) is 9.11. The molecule has 0 spiro atoms. The minimum atomic E-state index is -3.63. The number of nitrogens with zero attached hydrogens (tertiary/aromatic N) is 3. The van der Waals surface area contributed by atoms with Gasteiger partial charge in [0.2, 0.25) is 10.0 Å². The molecular formula is C17H21BrN4O3S. The number of aromatic nitrogens is 2. The average Bonchev–Trinajstić information content (AvgIpc) is 2.81. The molecule has 2 aromatic rings. The highest BCUT2D eigenvalue weighted by atomic mass is 79.9. The fraction of sp³-hybridized carbons (Fsp3) is 0.412. The molecule has 1 aromatic carbocycles. The second kappa shape index (κ2) is 7.50. The minimum Gasteiger partial charge on any atom is -0.337 e. The van der Waals surface area contributed by atoms with Gasteiger partial charge in [-0.05, 0) is 44.5 Å². The Morgan fingerprint density at radius 1 is 1.12 bits per heavy atom. The second-order valence-electron chi connectivity index (χ2n) is 6.32. The van der Waals surface area contributed by atoms with Crippen molar-refractivity contribution in [3.05, 3.63) is 45.7 Å². The third-order valence-electron chi connectivity index (χ3n) is 4.49. The standard InChI is InChI=1S/C17H21BrN4O3S/c1-12-16(13(2)20-19-12)26(24,25)22-9-3-8-21(10-11-22)17(23)14-4-6-15(18)7-5-14/h4-7H,3,8-11H2,1-2H3,(H,19,20). The Bertz CT molecular complexity index is 889. The van der Waals surface area contributed by atoms with E-state index >= 15 is 0 Å². The summed E-state index contributed by atoms with van der Waals surface area (Å²) in [6.07, 6.45) is 0.595. The van der Waals surface area contributed by atoms with E-state index < -0.39 is 10.0 Å². The molecule has 1 aliphatic heterocycles. The van der Waals surface area contributed by atoms with Crippen molar-refractivity contribution in [3.63, 3.8) is 0 Å². The van der Waals surface area contributed by atoms with Crippen LogP contribution in [0.2, 0.25) is 0 Å². The molecule has 1 saturated heterocycles. The van der Waals surface area contributed by atoms with Crippen LogP contribution >= 0.6 is 15.9 Å². The molecule has 2 heterocycles. The Morgan fingerprint density at radius 2 is 1.81 bits per heavy atom. The summed E-state index contributed by atoms with van der Waals surface area (Å²) in [5.41, 5.74) is 1.61. The molecule has 9 heteroatoms. The highest BCUT2D eigenvalue weighted by molar-refractivity contribution is 9.10. The zero-order valence-corrected chi connectivity index (χ0v) is 17.1. The average molecular weight is 441 g/mol. The zero-order valence-electron chi connectivity index (χ0n) is 14.7. The van der Waals surface area contributed by atoms with Gasteiger partial charge >= 0.3 is 0 Å². The zero-order chi connectivity index (χ0) is 18.9. The van der Waals surface area contributed by atoms with Gasteiger partial charge in [-0.1, -0.05) is 15.9 Å². The number of aryl methyl sites for hydroxylation is 2. The quantitative estimate of drug-likeness (QED) is 0.792. The Balaban J connectivity index is 1.76. The van der Waals surface area contributed by atoms with Crippen LogP contribution in [0.25, 0.3) is 0 Å². The summed E-state index contributed by atoms with van der Waals surface area (Å²) < 4.78 is 28.3. The van der Waals surface area contributed by atoms with Crippen LogP contribution in [-0.2, 0) is 10.0 Å². The van der Waals surface area contributed by atoms with Gasteiger partial charge in [0.15, 0.2) is 0 Å². The van der Waals surface area contributed by atoms with Crippen molar-refractivity contribution in [1.29, 1.82) is 0 Å². The van der Waals surface area contributed by atoms with Gasteiger partial charge < -0.3 is 4.90 Å². The summed E-state index contributed by atoms with van der Waals surface area (Å²) in [6, 6.07) is 7.19. The first-order valence-electron chi connectivity index (χ1n) is 8.37. The lowest BCUT2D eigenvalue weighted by Gasteiger charge is -2.22. The number of halogens is 1. The maximum atomic E-state index is 13.0. The number of carbonyl (C=O) groups excluding carboxylic acids is 1. The van der Waals surface area contributed by atoms with Crippen LogP contribution in [0, 0.1) is 13.8 Å². The molecule has 0 bridgehead atoms. The van der Waals surface area contributed by atoms with Crippen molar-refractivity contribution in [1.82, 2.24) is 19.4 Å². The van der Waals surface area contributed by atoms with Crippen LogP contribution < -0.4 is 0 Å². The monoisotopic (exact) mass is 440 g/mol. The van der Waals surface area contributed by atoms with E-state index in [1.165, 1.54) is 4.31 Å². The molecule has 1 amide bonds.